The molecule has 0 aliphatic carbocycles. The molecular weight excluding hydrogens is 372 g/mol. The second-order valence-electron chi connectivity index (χ2n) is 7.00. The molecule has 0 saturated carbocycles. The molecule has 1 N–H and O–H groups in total. The molecule has 0 spiro atoms. The number of hydrogen-bond acceptors (Lipinski definition) is 4. The predicted octanol–water partition coefficient (Wildman–Crippen LogP) is 5.24. The van der Waals surface area contributed by atoms with Gasteiger partial charge in [-0.3, -0.25) is 0 Å². The van der Waals surface area contributed by atoms with Gasteiger partial charge in [0.25, 0.3) is 0 Å². The summed E-state index contributed by atoms with van der Waals surface area (Å²) in [6.45, 7) is 0. The molecule has 2 atom stereocenters. The van der Waals surface area contributed by atoms with Crippen molar-refractivity contribution in [1.82, 2.24) is 14.8 Å². The molecule has 28 heavy (non-hydrogen) atoms. The highest BCUT2D eigenvalue weighted by Crippen LogP contribution is 2.38. The number of ether oxygens (including phenoxy) is 1. The van der Waals surface area contributed by atoms with E-state index in [0.29, 0.717) is 0 Å². The average molecular weight is 391 g/mol. The second kappa shape index (κ2) is 6.84. The molecule has 0 radical (unpaired) electrons. The molecule has 1 aliphatic heterocycles. The van der Waals surface area contributed by atoms with Gasteiger partial charge in [0, 0.05) is 5.02 Å². The Labute approximate surface area is 167 Å². The molecule has 0 bridgehead atoms. The molecule has 0 amide bonds. The van der Waals surface area contributed by atoms with Crippen LogP contribution >= 0.6 is 11.6 Å². The van der Waals surface area contributed by atoms with E-state index < -0.39 is 0 Å². The Balaban J connectivity index is 1.52. The van der Waals surface area contributed by atoms with E-state index in [1.807, 2.05) is 22.9 Å². The van der Waals surface area contributed by atoms with Crippen molar-refractivity contribution in [3.8, 4) is 5.75 Å². The smallest absolute Gasteiger partial charge is 0.222 e. The van der Waals surface area contributed by atoms with Crippen LogP contribution in [0.3, 0.4) is 0 Å². The van der Waals surface area contributed by atoms with Crippen LogP contribution in [0.5, 0.6) is 5.75 Å². The highest BCUT2D eigenvalue weighted by molar-refractivity contribution is 6.30. The number of nitrogens with one attached hydrogen (secondary N) is 1. The molecule has 5 nitrogen and oxygen atoms in total. The molecule has 3 aromatic carbocycles. The molecule has 6 heteroatoms. The van der Waals surface area contributed by atoms with Crippen molar-refractivity contribution in [2.24, 2.45) is 0 Å². The molecule has 1 aliphatic rings. The fourth-order valence-electron chi connectivity index (χ4n) is 3.89. The second-order valence-corrected chi connectivity index (χ2v) is 7.44. The summed E-state index contributed by atoms with van der Waals surface area (Å²) in [7, 11) is 1.69. The SMILES string of the molecule is COc1ccc2cc(C3CC(c4ccc(Cl)cc4)n4ncnc4N3)ccc2c1. The summed E-state index contributed by atoms with van der Waals surface area (Å²) in [6.07, 6.45) is 2.47. The van der Waals surface area contributed by atoms with Crippen molar-refractivity contribution >= 4 is 28.3 Å². The molecule has 2 unspecified atom stereocenters. The quantitative estimate of drug-likeness (QED) is 0.519. The maximum atomic E-state index is 6.08. The van der Waals surface area contributed by atoms with Crippen LogP contribution in [-0.4, -0.2) is 21.9 Å². The van der Waals surface area contributed by atoms with Crippen molar-refractivity contribution in [3.05, 3.63) is 83.1 Å². The van der Waals surface area contributed by atoms with Crippen molar-refractivity contribution < 1.29 is 4.74 Å². The Morgan fingerprint density at radius 1 is 1.00 bits per heavy atom. The largest absolute Gasteiger partial charge is 0.497 e. The molecule has 140 valence electrons. The normalized spacial score (nSPS) is 18.5. The summed E-state index contributed by atoms with van der Waals surface area (Å²) in [6, 6.07) is 20.9. The molecule has 2 heterocycles. The first-order chi connectivity index (χ1) is 13.7. The van der Waals surface area contributed by atoms with E-state index in [9.17, 15) is 0 Å². The van der Waals surface area contributed by atoms with E-state index in [1.54, 1.807) is 13.4 Å². The van der Waals surface area contributed by atoms with Crippen LogP contribution < -0.4 is 10.1 Å². The van der Waals surface area contributed by atoms with Gasteiger partial charge in [-0.15, -0.1) is 0 Å². The highest BCUT2D eigenvalue weighted by atomic mass is 35.5. The average Bonchev–Trinajstić information content (AvgIpc) is 3.21. The zero-order chi connectivity index (χ0) is 19.1. The van der Waals surface area contributed by atoms with Gasteiger partial charge in [-0.1, -0.05) is 41.9 Å². The Hall–Kier alpha value is -3.05. The maximum absolute atomic E-state index is 6.08. The van der Waals surface area contributed by atoms with E-state index in [1.165, 1.54) is 16.5 Å². The Kier molecular flexibility index (Phi) is 4.17. The lowest BCUT2D eigenvalue weighted by Crippen LogP contribution is -2.28. The van der Waals surface area contributed by atoms with E-state index >= 15 is 0 Å². The summed E-state index contributed by atoms with van der Waals surface area (Å²) in [4.78, 5) is 4.41. The summed E-state index contributed by atoms with van der Waals surface area (Å²) >= 11 is 6.08. The van der Waals surface area contributed by atoms with Crippen molar-refractivity contribution in [1.29, 1.82) is 0 Å². The summed E-state index contributed by atoms with van der Waals surface area (Å²) in [5, 5.41) is 11.0. The van der Waals surface area contributed by atoms with Crippen LogP contribution in [0.1, 0.15) is 29.6 Å². The van der Waals surface area contributed by atoms with Crippen molar-refractivity contribution in [3.63, 3.8) is 0 Å². The molecule has 0 fully saturated rings. The van der Waals surface area contributed by atoms with Gasteiger partial charge in [0.1, 0.15) is 12.1 Å². The van der Waals surface area contributed by atoms with Crippen LogP contribution in [0, 0.1) is 0 Å². The number of nitrogens with zero attached hydrogens (tertiary/aromatic N) is 3. The monoisotopic (exact) mass is 390 g/mol. The molecular formula is C22H19ClN4O. The minimum atomic E-state index is 0.104. The lowest BCUT2D eigenvalue weighted by molar-refractivity contribution is 0.415. The van der Waals surface area contributed by atoms with Gasteiger partial charge in [-0.05, 0) is 58.7 Å². The number of halogens is 1. The van der Waals surface area contributed by atoms with E-state index in [0.717, 1.165) is 28.5 Å². The third-order valence-corrected chi connectivity index (χ3v) is 5.61. The Morgan fingerprint density at radius 3 is 2.57 bits per heavy atom. The first-order valence-corrected chi connectivity index (χ1v) is 9.58. The number of anilines is 1. The zero-order valence-electron chi connectivity index (χ0n) is 15.3. The van der Waals surface area contributed by atoms with Gasteiger partial charge in [-0.2, -0.15) is 10.1 Å². The van der Waals surface area contributed by atoms with Gasteiger partial charge in [0.05, 0.1) is 19.2 Å². The number of hydrogen-bond donors (Lipinski definition) is 1. The Bertz CT molecular complexity index is 1140. The van der Waals surface area contributed by atoms with E-state index in [4.69, 9.17) is 16.3 Å². The van der Waals surface area contributed by atoms with Gasteiger partial charge in [0.15, 0.2) is 0 Å². The standard InChI is InChI=1S/C22H19ClN4O/c1-28-19-9-6-15-10-17(3-2-16(15)11-19)20-12-21(14-4-7-18(23)8-5-14)27-22(26-20)24-13-25-27/h2-11,13,20-21H,12H2,1H3,(H,24,25,26). The lowest BCUT2D eigenvalue weighted by atomic mass is 9.92. The number of benzene rings is 3. The number of rotatable bonds is 3. The first kappa shape index (κ1) is 17.1. The van der Waals surface area contributed by atoms with Gasteiger partial charge < -0.3 is 10.1 Å². The summed E-state index contributed by atoms with van der Waals surface area (Å²) in [5.74, 6) is 1.65. The van der Waals surface area contributed by atoms with E-state index in [-0.39, 0.29) is 12.1 Å². The number of aromatic nitrogens is 3. The van der Waals surface area contributed by atoms with Crippen molar-refractivity contribution in [2.75, 3.05) is 12.4 Å². The predicted molar refractivity (Wildman–Crippen MR) is 111 cm³/mol. The van der Waals surface area contributed by atoms with Crippen LogP contribution in [0.25, 0.3) is 10.8 Å². The van der Waals surface area contributed by atoms with Crippen LogP contribution in [0.15, 0.2) is 67.0 Å². The fourth-order valence-corrected chi connectivity index (χ4v) is 4.01. The van der Waals surface area contributed by atoms with Gasteiger partial charge in [-0.25, -0.2) is 4.68 Å². The maximum Gasteiger partial charge on any atom is 0.222 e. The van der Waals surface area contributed by atoms with E-state index in [2.05, 4.69) is 57.9 Å². The molecule has 4 aromatic rings. The van der Waals surface area contributed by atoms with Crippen LogP contribution in [-0.2, 0) is 0 Å². The molecule has 0 saturated heterocycles. The zero-order valence-corrected chi connectivity index (χ0v) is 16.1. The first-order valence-electron chi connectivity index (χ1n) is 9.20. The minimum Gasteiger partial charge on any atom is -0.497 e. The fraction of sp³-hybridized carbons (Fsp3) is 0.182. The number of fused-ring (bicyclic) bond motifs is 2. The Morgan fingerprint density at radius 2 is 1.75 bits per heavy atom. The lowest BCUT2D eigenvalue weighted by Gasteiger charge is -2.32. The molecule has 1 aromatic heterocycles. The molecule has 5 rings (SSSR count). The summed E-state index contributed by atoms with van der Waals surface area (Å²) < 4.78 is 7.28. The van der Waals surface area contributed by atoms with Gasteiger partial charge >= 0.3 is 0 Å². The number of methoxy groups -OCH3 is 1. The van der Waals surface area contributed by atoms with Crippen LogP contribution in [0.2, 0.25) is 5.02 Å². The van der Waals surface area contributed by atoms with Crippen molar-refractivity contribution in [2.45, 2.75) is 18.5 Å². The third kappa shape index (κ3) is 2.98. The third-order valence-electron chi connectivity index (χ3n) is 5.36. The van der Waals surface area contributed by atoms with Gasteiger partial charge in [0.2, 0.25) is 5.95 Å². The topological polar surface area (TPSA) is 52.0 Å². The van der Waals surface area contributed by atoms with Crippen LogP contribution in [0.4, 0.5) is 5.95 Å². The summed E-state index contributed by atoms with van der Waals surface area (Å²) in [5.41, 5.74) is 2.40. The minimum absolute atomic E-state index is 0.104. The highest BCUT2D eigenvalue weighted by Gasteiger charge is 2.30.